The molecule has 1 atom stereocenters. The van der Waals surface area contributed by atoms with Gasteiger partial charge in [-0.3, -0.25) is 4.79 Å². The van der Waals surface area contributed by atoms with Gasteiger partial charge in [-0.15, -0.1) is 0 Å². The molecule has 5 nitrogen and oxygen atoms in total. The average Bonchev–Trinajstić information content (AvgIpc) is 2.45. The molecule has 2 aromatic carbocycles. The summed E-state index contributed by atoms with van der Waals surface area (Å²) in [6.07, 6.45) is 0. The Morgan fingerprint density at radius 2 is 1.73 bits per heavy atom. The van der Waals surface area contributed by atoms with Crippen LogP contribution in [0.15, 0.2) is 53.4 Å². The van der Waals surface area contributed by atoms with Crippen molar-refractivity contribution in [2.24, 2.45) is 5.73 Å². The number of sulfonamides is 1. The second kappa shape index (κ2) is 6.29. The molecule has 2 aromatic rings. The zero-order valence-corrected chi connectivity index (χ0v) is 13.2. The van der Waals surface area contributed by atoms with Gasteiger partial charge in [0.1, 0.15) is 6.04 Å². The van der Waals surface area contributed by atoms with E-state index >= 15 is 0 Å². The number of carbonyl (C=O) groups is 1. The predicted molar refractivity (Wildman–Crippen MR) is 84.6 cm³/mol. The van der Waals surface area contributed by atoms with E-state index in [1.165, 1.54) is 6.07 Å². The number of carbonyl (C=O) groups excluding carboxylic acids is 1. The summed E-state index contributed by atoms with van der Waals surface area (Å²) in [6.45, 7) is 3.59. The molecule has 0 aliphatic rings. The van der Waals surface area contributed by atoms with Gasteiger partial charge in [0.05, 0.1) is 4.90 Å². The summed E-state index contributed by atoms with van der Waals surface area (Å²) in [6, 6.07) is 12.4. The van der Waals surface area contributed by atoms with Crippen molar-refractivity contribution >= 4 is 15.9 Å². The maximum absolute atomic E-state index is 12.5. The summed E-state index contributed by atoms with van der Waals surface area (Å²) >= 11 is 0. The summed E-state index contributed by atoms with van der Waals surface area (Å²) in [4.78, 5) is 11.8. The van der Waals surface area contributed by atoms with E-state index in [-0.39, 0.29) is 4.90 Å². The van der Waals surface area contributed by atoms with Gasteiger partial charge < -0.3 is 5.73 Å². The Bertz CT molecular complexity index is 786. The normalized spacial score (nSPS) is 12.8. The van der Waals surface area contributed by atoms with Crippen molar-refractivity contribution in [2.75, 3.05) is 0 Å². The smallest absolute Gasteiger partial charge is 0.241 e. The van der Waals surface area contributed by atoms with Gasteiger partial charge >= 0.3 is 0 Å². The largest absolute Gasteiger partial charge is 0.368 e. The van der Waals surface area contributed by atoms with Crippen molar-refractivity contribution in [3.8, 4) is 0 Å². The van der Waals surface area contributed by atoms with Crippen LogP contribution in [-0.2, 0) is 14.8 Å². The fourth-order valence-electron chi connectivity index (χ4n) is 2.26. The van der Waals surface area contributed by atoms with Gasteiger partial charge in [-0.2, -0.15) is 4.72 Å². The number of aryl methyl sites for hydroxylation is 2. The number of amides is 1. The third kappa shape index (κ3) is 3.52. The topological polar surface area (TPSA) is 89.3 Å². The minimum absolute atomic E-state index is 0.139. The summed E-state index contributed by atoms with van der Waals surface area (Å²) in [5, 5.41) is 0. The molecule has 3 N–H and O–H groups in total. The predicted octanol–water partition coefficient (Wildman–Crippen LogP) is 1.81. The second-order valence-electron chi connectivity index (χ2n) is 5.14. The highest BCUT2D eigenvalue weighted by Gasteiger charge is 2.26. The van der Waals surface area contributed by atoms with E-state index in [2.05, 4.69) is 4.72 Å². The van der Waals surface area contributed by atoms with Crippen molar-refractivity contribution in [3.05, 3.63) is 65.2 Å². The maximum atomic E-state index is 12.5. The Morgan fingerprint density at radius 1 is 1.09 bits per heavy atom. The number of primary amides is 1. The van der Waals surface area contributed by atoms with Crippen molar-refractivity contribution < 1.29 is 13.2 Å². The van der Waals surface area contributed by atoms with Crippen LogP contribution < -0.4 is 10.5 Å². The molecule has 0 bridgehead atoms. The molecule has 0 fully saturated rings. The van der Waals surface area contributed by atoms with Crippen molar-refractivity contribution in [3.63, 3.8) is 0 Å². The van der Waals surface area contributed by atoms with E-state index in [1.54, 1.807) is 49.4 Å². The first-order valence-corrected chi connectivity index (χ1v) is 8.23. The Kier molecular flexibility index (Phi) is 4.63. The molecule has 0 saturated carbocycles. The fraction of sp³-hybridized carbons (Fsp3) is 0.188. The first kappa shape index (κ1) is 16.2. The van der Waals surface area contributed by atoms with Crippen LogP contribution in [0.5, 0.6) is 0 Å². The van der Waals surface area contributed by atoms with E-state index in [9.17, 15) is 13.2 Å². The summed E-state index contributed by atoms with van der Waals surface area (Å²) in [5.74, 6) is -0.750. The molecule has 0 spiro atoms. The lowest BCUT2D eigenvalue weighted by Crippen LogP contribution is -2.37. The molecule has 0 aliphatic heterocycles. The van der Waals surface area contributed by atoms with Gasteiger partial charge in [0.2, 0.25) is 15.9 Å². The minimum Gasteiger partial charge on any atom is -0.368 e. The summed E-state index contributed by atoms with van der Waals surface area (Å²) in [7, 11) is -3.85. The standard InChI is InChI=1S/C16H18N2O3S/c1-11-8-9-14(12(2)10-11)22(20,21)18-15(16(17)19)13-6-4-3-5-7-13/h3-10,15,18H,1-2H3,(H2,17,19)/t15-/m0/s1. The van der Waals surface area contributed by atoms with Gasteiger partial charge in [0.15, 0.2) is 0 Å². The number of hydrogen-bond donors (Lipinski definition) is 2. The van der Waals surface area contributed by atoms with Gasteiger partial charge in [-0.25, -0.2) is 8.42 Å². The van der Waals surface area contributed by atoms with Gasteiger partial charge in [-0.1, -0.05) is 48.0 Å². The van der Waals surface area contributed by atoms with E-state index in [1.807, 2.05) is 6.92 Å². The van der Waals surface area contributed by atoms with Gasteiger partial charge in [0.25, 0.3) is 0 Å². The zero-order valence-electron chi connectivity index (χ0n) is 12.4. The third-order valence-corrected chi connectivity index (χ3v) is 4.89. The van der Waals surface area contributed by atoms with Crippen LogP contribution in [-0.4, -0.2) is 14.3 Å². The van der Waals surface area contributed by atoms with Crippen LogP contribution >= 0.6 is 0 Å². The third-order valence-electron chi connectivity index (χ3n) is 3.31. The highest BCUT2D eigenvalue weighted by Crippen LogP contribution is 2.20. The molecule has 116 valence electrons. The van der Waals surface area contributed by atoms with E-state index in [0.717, 1.165) is 5.56 Å². The van der Waals surface area contributed by atoms with Crippen LogP contribution in [0.3, 0.4) is 0 Å². The Morgan fingerprint density at radius 3 is 2.27 bits per heavy atom. The number of nitrogens with two attached hydrogens (primary N) is 1. The molecular weight excluding hydrogens is 300 g/mol. The monoisotopic (exact) mass is 318 g/mol. The molecule has 0 aromatic heterocycles. The van der Waals surface area contributed by atoms with E-state index in [4.69, 9.17) is 5.73 Å². The Hall–Kier alpha value is -2.18. The quantitative estimate of drug-likeness (QED) is 0.881. The Labute approximate surface area is 130 Å². The van der Waals surface area contributed by atoms with Crippen LogP contribution in [0.1, 0.15) is 22.7 Å². The second-order valence-corrected chi connectivity index (χ2v) is 6.82. The molecule has 0 radical (unpaired) electrons. The molecule has 0 heterocycles. The summed E-state index contributed by atoms with van der Waals surface area (Å²) in [5.41, 5.74) is 7.43. The first-order chi connectivity index (χ1) is 10.3. The lowest BCUT2D eigenvalue weighted by molar-refractivity contribution is -0.119. The van der Waals surface area contributed by atoms with Crippen molar-refractivity contribution in [1.82, 2.24) is 4.72 Å². The highest BCUT2D eigenvalue weighted by molar-refractivity contribution is 7.89. The highest BCUT2D eigenvalue weighted by atomic mass is 32.2. The first-order valence-electron chi connectivity index (χ1n) is 6.75. The number of hydrogen-bond acceptors (Lipinski definition) is 3. The molecule has 2 rings (SSSR count). The molecular formula is C16H18N2O3S. The molecule has 0 unspecified atom stereocenters. The molecule has 6 heteroatoms. The Balaban J connectivity index is 2.39. The average molecular weight is 318 g/mol. The van der Waals surface area contributed by atoms with E-state index in [0.29, 0.717) is 11.1 Å². The van der Waals surface area contributed by atoms with Crippen molar-refractivity contribution in [1.29, 1.82) is 0 Å². The molecule has 22 heavy (non-hydrogen) atoms. The van der Waals surface area contributed by atoms with Crippen LogP contribution in [0.25, 0.3) is 0 Å². The van der Waals surface area contributed by atoms with Crippen LogP contribution in [0.4, 0.5) is 0 Å². The molecule has 0 saturated heterocycles. The minimum atomic E-state index is -3.85. The maximum Gasteiger partial charge on any atom is 0.241 e. The number of rotatable bonds is 5. The number of benzene rings is 2. The zero-order chi connectivity index (χ0) is 16.3. The van der Waals surface area contributed by atoms with Gasteiger partial charge in [-0.05, 0) is 31.0 Å². The van der Waals surface area contributed by atoms with Gasteiger partial charge in [0, 0.05) is 0 Å². The molecule has 1 amide bonds. The summed E-state index contributed by atoms with van der Waals surface area (Å²) < 4.78 is 27.5. The van der Waals surface area contributed by atoms with Crippen LogP contribution in [0, 0.1) is 13.8 Å². The SMILES string of the molecule is Cc1ccc(S(=O)(=O)N[C@H](C(N)=O)c2ccccc2)c(C)c1. The van der Waals surface area contributed by atoms with Crippen LogP contribution in [0.2, 0.25) is 0 Å². The lowest BCUT2D eigenvalue weighted by atomic mass is 10.1. The lowest BCUT2D eigenvalue weighted by Gasteiger charge is -2.17. The van der Waals surface area contributed by atoms with E-state index < -0.39 is 22.0 Å². The van der Waals surface area contributed by atoms with Crippen molar-refractivity contribution in [2.45, 2.75) is 24.8 Å². The number of nitrogens with one attached hydrogen (secondary N) is 1. The fourth-order valence-corrected chi connectivity index (χ4v) is 3.67. The molecule has 0 aliphatic carbocycles.